The predicted molar refractivity (Wildman–Crippen MR) is 111 cm³/mol. The minimum Gasteiger partial charge on any atom is -0.452 e. The summed E-state index contributed by atoms with van der Waals surface area (Å²) in [6, 6.07) is 18.5. The summed E-state index contributed by atoms with van der Waals surface area (Å²) in [6.45, 7) is 4.20. The van der Waals surface area contributed by atoms with E-state index in [0.717, 1.165) is 39.3 Å². The fraction of sp³-hybridized carbons (Fsp3) is 0.0870. The highest BCUT2D eigenvalue weighted by atomic mass is 16.3. The summed E-state index contributed by atoms with van der Waals surface area (Å²) < 4.78 is 6.18. The van der Waals surface area contributed by atoms with E-state index in [1.54, 1.807) is 0 Å². The average molecular weight is 353 g/mol. The molecule has 0 radical (unpaired) electrons. The Hall–Kier alpha value is -3.53. The summed E-state index contributed by atoms with van der Waals surface area (Å²) in [7, 11) is 0. The first-order valence-electron chi connectivity index (χ1n) is 8.98. The molecule has 3 heterocycles. The number of nitrogens with one attached hydrogen (secondary N) is 2. The molecule has 0 aliphatic rings. The minimum absolute atomic E-state index is 0.765. The van der Waals surface area contributed by atoms with Crippen LogP contribution in [0.4, 0.5) is 11.4 Å². The van der Waals surface area contributed by atoms with Gasteiger partial charge in [-0.05, 0) is 43.7 Å². The van der Waals surface area contributed by atoms with Gasteiger partial charge in [0.2, 0.25) is 0 Å². The van der Waals surface area contributed by atoms with Crippen molar-refractivity contribution in [3.63, 3.8) is 0 Å². The van der Waals surface area contributed by atoms with E-state index in [1.165, 1.54) is 16.5 Å². The molecule has 0 fully saturated rings. The highest BCUT2D eigenvalue weighted by molar-refractivity contribution is 5.94. The molecule has 0 unspecified atom stereocenters. The second-order valence-electron chi connectivity index (χ2n) is 6.85. The number of pyridine rings is 1. The summed E-state index contributed by atoms with van der Waals surface area (Å²) >= 11 is 0. The number of rotatable bonds is 3. The Morgan fingerprint density at radius 3 is 2.63 bits per heavy atom. The van der Waals surface area contributed by atoms with Gasteiger partial charge in [-0.25, -0.2) is 0 Å². The molecule has 2 aromatic carbocycles. The normalized spacial score (nSPS) is 11.3. The Kier molecular flexibility index (Phi) is 3.50. The standard InChI is InChI=1S/C23H19N3O/c1-14-3-5-16(6-4-14)22-13-21-23(27-22)20(10-12-25-21)26-18-7-8-19-17(15(18)2)9-11-24-19/h3-13,24H,1-2H3,(H,25,26). The molecule has 132 valence electrons. The number of aromatic amines is 1. The molecular formula is C23H19N3O. The number of hydrogen-bond acceptors (Lipinski definition) is 3. The van der Waals surface area contributed by atoms with Gasteiger partial charge in [-0.2, -0.15) is 0 Å². The molecule has 5 aromatic rings. The molecular weight excluding hydrogens is 334 g/mol. The number of furan rings is 1. The lowest BCUT2D eigenvalue weighted by Gasteiger charge is -2.10. The van der Waals surface area contributed by atoms with Crippen LogP contribution < -0.4 is 5.32 Å². The summed E-state index contributed by atoms with van der Waals surface area (Å²) in [5.74, 6) is 0.824. The van der Waals surface area contributed by atoms with E-state index in [9.17, 15) is 0 Å². The molecule has 0 aliphatic heterocycles. The Morgan fingerprint density at radius 2 is 1.78 bits per heavy atom. The van der Waals surface area contributed by atoms with Gasteiger partial charge in [-0.1, -0.05) is 29.8 Å². The SMILES string of the molecule is Cc1ccc(-c2cc3nccc(Nc4ccc5[nH]ccc5c4C)c3o2)cc1. The van der Waals surface area contributed by atoms with Gasteiger partial charge in [0.15, 0.2) is 5.58 Å². The molecule has 0 amide bonds. The van der Waals surface area contributed by atoms with E-state index in [4.69, 9.17) is 4.42 Å². The van der Waals surface area contributed by atoms with Crippen LogP contribution in [0, 0.1) is 13.8 Å². The molecule has 4 nitrogen and oxygen atoms in total. The third-order valence-corrected chi connectivity index (χ3v) is 5.02. The fourth-order valence-electron chi connectivity index (χ4n) is 3.46. The molecule has 5 rings (SSSR count). The average Bonchev–Trinajstić information content (AvgIpc) is 3.32. The van der Waals surface area contributed by atoms with Gasteiger partial charge in [-0.3, -0.25) is 4.98 Å². The lowest BCUT2D eigenvalue weighted by Crippen LogP contribution is -1.94. The molecule has 0 atom stereocenters. The van der Waals surface area contributed by atoms with Crippen LogP contribution in [0.15, 0.2) is 71.4 Å². The molecule has 0 bridgehead atoms. The molecule has 27 heavy (non-hydrogen) atoms. The van der Waals surface area contributed by atoms with Gasteiger partial charge >= 0.3 is 0 Å². The highest BCUT2D eigenvalue weighted by Crippen LogP contribution is 2.34. The maximum atomic E-state index is 6.18. The fourth-order valence-corrected chi connectivity index (χ4v) is 3.46. The van der Waals surface area contributed by atoms with Crippen molar-refractivity contribution in [1.82, 2.24) is 9.97 Å². The molecule has 4 heteroatoms. The van der Waals surface area contributed by atoms with Crippen molar-refractivity contribution in [2.75, 3.05) is 5.32 Å². The first-order chi connectivity index (χ1) is 13.2. The topological polar surface area (TPSA) is 53.9 Å². The maximum Gasteiger partial charge on any atom is 0.176 e. The lowest BCUT2D eigenvalue weighted by atomic mass is 10.1. The van der Waals surface area contributed by atoms with E-state index in [1.807, 2.05) is 24.5 Å². The van der Waals surface area contributed by atoms with E-state index >= 15 is 0 Å². The smallest absolute Gasteiger partial charge is 0.176 e. The second kappa shape index (κ2) is 6.02. The third kappa shape index (κ3) is 2.66. The number of hydrogen-bond donors (Lipinski definition) is 2. The summed E-state index contributed by atoms with van der Waals surface area (Å²) in [4.78, 5) is 7.72. The van der Waals surface area contributed by atoms with E-state index in [-0.39, 0.29) is 0 Å². The van der Waals surface area contributed by atoms with Crippen LogP contribution in [0.2, 0.25) is 0 Å². The Labute approximate surface area is 156 Å². The summed E-state index contributed by atoms with van der Waals surface area (Å²) in [5, 5.41) is 4.74. The Bertz CT molecular complexity index is 1260. The zero-order valence-electron chi connectivity index (χ0n) is 15.2. The largest absolute Gasteiger partial charge is 0.452 e. The molecule has 3 aromatic heterocycles. The lowest BCUT2D eigenvalue weighted by molar-refractivity contribution is 0.632. The third-order valence-electron chi connectivity index (χ3n) is 5.02. The number of aromatic nitrogens is 2. The van der Waals surface area contributed by atoms with Crippen LogP contribution in [-0.4, -0.2) is 9.97 Å². The van der Waals surface area contributed by atoms with Crippen LogP contribution in [0.25, 0.3) is 33.3 Å². The molecule has 0 saturated heterocycles. The van der Waals surface area contributed by atoms with Crippen LogP contribution in [-0.2, 0) is 0 Å². The number of fused-ring (bicyclic) bond motifs is 2. The molecule has 2 N–H and O–H groups in total. The summed E-state index contributed by atoms with van der Waals surface area (Å²) in [6.07, 6.45) is 3.77. The molecule has 0 saturated carbocycles. The predicted octanol–water partition coefficient (Wildman–Crippen LogP) is 6.34. The summed E-state index contributed by atoms with van der Waals surface area (Å²) in [5.41, 5.74) is 8.19. The minimum atomic E-state index is 0.765. The van der Waals surface area contributed by atoms with Gasteiger partial charge in [0.05, 0.1) is 5.69 Å². The van der Waals surface area contributed by atoms with Gasteiger partial charge in [-0.15, -0.1) is 0 Å². The van der Waals surface area contributed by atoms with E-state index < -0.39 is 0 Å². The van der Waals surface area contributed by atoms with Crippen molar-refractivity contribution in [1.29, 1.82) is 0 Å². The number of anilines is 2. The van der Waals surface area contributed by atoms with Crippen molar-refractivity contribution >= 4 is 33.4 Å². The first kappa shape index (κ1) is 15.7. The van der Waals surface area contributed by atoms with Crippen LogP contribution in [0.1, 0.15) is 11.1 Å². The van der Waals surface area contributed by atoms with Crippen LogP contribution in [0.3, 0.4) is 0 Å². The van der Waals surface area contributed by atoms with Crippen molar-refractivity contribution in [3.8, 4) is 11.3 Å². The number of benzene rings is 2. The van der Waals surface area contributed by atoms with Gasteiger partial charge in [0.1, 0.15) is 11.3 Å². The monoisotopic (exact) mass is 353 g/mol. The van der Waals surface area contributed by atoms with Crippen molar-refractivity contribution in [2.45, 2.75) is 13.8 Å². The highest BCUT2D eigenvalue weighted by Gasteiger charge is 2.12. The number of nitrogens with zero attached hydrogens (tertiary/aromatic N) is 1. The quantitative estimate of drug-likeness (QED) is 0.398. The van der Waals surface area contributed by atoms with Crippen LogP contribution in [0.5, 0.6) is 0 Å². The van der Waals surface area contributed by atoms with Crippen LogP contribution >= 0.6 is 0 Å². The zero-order valence-corrected chi connectivity index (χ0v) is 15.2. The van der Waals surface area contributed by atoms with Gasteiger partial charge in [0.25, 0.3) is 0 Å². The van der Waals surface area contributed by atoms with Crippen molar-refractivity contribution in [3.05, 3.63) is 78.1 Å². The second-order valence-corrected chi connectivity index (χ2v) is 6.85. The number of H-pyrrole nitrogens is 1. The van der Waals surface area contributed by atoms with Crippen molar-refractivity contribution < 1.29 is 4.42 Å². The first-order valence-corrected chi connectivity index (χ1v) is 8.98. The number of aryl methyl sites for hydroxylation is 2. The van der Waals surface area contributed by atoms with Gasteiger partial charge in [0, 0.05) is 40.6 Å². The van der Waals surface area contributed by atoms with E-state index in [0.29, 0.717) is 0 Å². The Balaban J connectivity index is 1.58. The Morgan fingerprint density at radius 1 is 0.926 bits per heavy atom. The van der Waals surface area contributed by atoms with Gasteiger partial charge < -0.3 is 14.7 Å². The molecule has 0 spiro atoms. The van der Waals surface area contributed by atoms with Crippen molar-refractivity contribution in [2.24, 2.45) is 0 Å². The maximum absolute atomic E-state index is 6.18. The van der Waals surface area contributed by atoms with E-state index in [2.05, 4.69) is 71.6 Å². The zero-order chi connectivity index (χ0) is 18.4. The molecule has 0 aliphatic carbocycles.